The minimum absolute atomic E-state index is 0.271. The molecule has 1 aromatic carbocycles. The zero-order valence-corrected chi connectivity index (χ0v) is 15.7. The maximum atomic E-state index is 13.0. The normalized spacial score (nSPS) is 18.7. The number of piperidine rings is 1. The first-order valence-electron chi connectivity index (χ1n) is 9.18. The van der Waals surface area contributed by atoms with E-state index in [0.717, 1.165) is 49.1 Å². The number of hydrogen-bond acceptors (Lipinski definition) is 4. The van der Waals surface area contributed by atoms with E-state index in [4.69, 9.17) is 0 Å². The van der Waals surface area contributed by atoms with Gasteiger partial charge in [-0.3, -0.25) is 0 Å². The van der Waals surface area contributed by atoms with Crippen LogP contribution in [-0.4, -0.2) is 44.9 Å². The van der Waals surface area contributed by atoms with Crippen LogP contribution >= 0.6 is 0 Å². The van der Waals surface area contributed by atoms with Crippen LogP contribution in [0.5, 0.6) is 5.75 Å². The Morgan fingerprint density at radius 3 is 2.64 bits per heavy atom. The first-order chi connectivity index (χ1) is 13.2. The van der Waals surface area contributed by atoms with Gasteiger partial charge >= 0.3 is 6.18 Å². The van der Waals surface area contributed by atoms with E-state index in [9.17, 15) is 18.3 Å². The van der Waals surface area contributed by atoms with Crippen LogP contribution in [0, 0.1) is 6.92 Å². The predicted octanol–water partition coefficient (Wildman–Crippen LogP) is 4.40. The smallest absolute Gasteiger partial charge is 0.416 e. The lowest BCUT2D eigenvalue weighted by Gasteiger charge is -2.30. The molecule has 5 nitrogen and oxygen atoms in total. The van der Waals surface area contributed by atoms with E-state index in [0.29, 0.717) is 17.3 Å². The van der Waals surface area contributed by atoms with E-state index in [1.165, 1.54) is 6.92 Å². The number of halogens is 3. The second-order valence-corrected chi connectivity index (χ2v) is 7.47. The SMILES string of the molecule is Cc1cc(C(F)(F)F)cc(O)c1-c1cc2ccn([C@@H]3CCCN(C)C3)c2nn1. The summed E-state index contributed by atoms with van der Waals surface area (Å²) < 4.78 is 41.0. The number of hydrogen-bond donors (Lipinski definition) is 1. The summed E-state index contributed by atoms with van der Waals surface area (Å²) in [6, 6.07) is 5.76. The van der Waals surface area contributed by atoms with Crippen LogP contribution in [0.3, 0.4) is 0 Å². The Hall–Kier alpha value is -2.61. The predicted molar refractivity (Wildman–Crippen MR) is 100 cm³/mol. The van der Waals surface area contributed by atoms with E-state index in [1.807, 2.05) is 12.3 Å². The summed E-state index contributed by atoms with van der Waals surface area (Å²) in [5, 5.41) is 19.6. The highest BCUT2D eigenvalue weighted by atomic mass is 19.4. The maximum absolute atomic E-state index is 13.0. The molecule has 3 heterocycles. The summed E-state index contributed by atoms with van der Waals surface area (Å²) in [6.07, 6.45) is -0.353. The zero-order chi connectivity index (χ0) is 20.1. The highest BCUT2D eigenvalue weighted by Gasteiger charge is 2.32. The van der Waals surface area contributed by atoms with Crippen LogP contribution in [0.2, 0.25) is 0 Å². The van der Waals surface area contributed by atoms with Gasteiger partial charge < -0.3 is 14.6 Å². The molecule has 1 fully saturated rings. The summed E-state index contributed by atoms with van der Waals surface area (Å²) in [6.45, 7) is 3.54. The minimum Gasteiger partial charge on any atom is -0.507 e. The van der Waals surface area contributed by atoms with E-state index < -0.39 is 17.5 Å². The van der Waals surface area contributed by atoms with E-state index in [2.05, 4.69) is 26.7 Å². The second-order valence-electron chi connectivity index (χ2n) is 7.47. The monoisotopic (exact) mass is 390 g/mol. The molecule has 1 N–H and O–H groups in total. The highest BCUT2D eigenvalue weighted by molar-refractivity contribution is 5.82. The number of alkyl halides is 3. The van der Waals surface area contributed by atoms with Crippen LogP contribution < -0.4 is 0 Å². The first kappa shape index (κ1) is 18.7. The Morgan fingerprint density at radius 1 is 1.18 bits per heavy atom. The van der Waals surface area contributed by atoms with Gasteiger partial charge in [-0.15, -0.1) is 10.2 Å². The molecule has 1 aliphatic rings. The molecule has 0 bridgehead atoms. The summed E-state index contributed by atoms with van der Waals surface area (Å²) in [7, 11) is 2.10. The molecule has 1 saturated heterocycles. The Morgan fingerprint density at radius 2 is 1.96 bits per heavy atom. The Kier molecular flexibility index (Phi) is 4.53. The van der Waals surface area contributed by atoms with Gasteiger partial charge in [0.15, 0.2) is 5.65 Å². The molecule has 2 aromatic heterocycles. The lowest BCUT2D eigenvalue weighted by Crippen LogP contribution is -2.33. The van der Waals surface area contributed by atoms with Crippen molar-refractivity contribution in [2.75, 3.05) is 20.1 Å². The van der Waals surface area contributed by atoms with Crippen LogP contribution in [0.25, 0.3) is 22.3 Å². The highest BCUT2D eigenvalue weighted by Crippen LogP contribution is 2.39. The fraction of sp³-hybridized carbons (Fsp3) is 0.400. The number of aromatic nitrogens is 3. The van der Waals surface area contributed by atoms with Gasteiger partial charge in [0, 0.05) is 29.7 Å². The number of nitrogens with zero attached hydrogens (tertiary/aromatic N) is 4. The van der Waals surface area contributed by atoms with Crippen molar-refractivity contribution in [1.29, 1.82) is 0 Å². The molecular weight excluding hydrogens is 369 g/mol. The van der Waals surface area contributed by atoms with Crippen molar-refractivity contribution in [3.8, 4) is 17.0 Å². The van der Waals surface area contributed by atoms with E-state index in [-0.39, 0.29) is 5.56 Å². The lowest BCUT2D eigenvalue weighted by molar-refractivity contribution is -0.137. The maximum Gasteiger partial charge on any atom is 0.416 e. The minimum atomic E-state index is -4.51. The van der Waals surface area contributed by atoms with Crippen LogP contribution in [0.15, 0.2) is 30.5 Å². The molecule has 1 aliphatic heterocycles. The zero-order valence-electron chi connectivity index (χ0n) is 15.7. The van der Waals surface area contributed by atoms with Gasteiger partial charge in [-0.1, -0.05) is 0 Å². The van der Waals surface area contributed by atoms with Crippen LogP contribution in [-0.2, 0) is 6.18 Å². The number of aromatic hydroxyl groups is 1. The van der Waals surface area contributed by atoms with Gasteiger partial charge in [0.1, 0.15) is 5.75 Å². The van der Waals surface area contributed by atoms with Crippen molar-refractivity contribution in [3.63, 3.8) is 0 Å². The largest absolute Gasteiger partial charge is 0.507 e. The Balaban J connectivity index is 1.73. The number of benzene rings is 1. The molecule has 0 unspecified atom stereocenters. The van der Waals surface area contributed by atoms with Gasteiger partial charge in [0.25, 0.3) is 0 Å². The number of phenols is 1. The van der Waals surface area contributed by atoms with E-state index in [1.54, 1.807) is 6.07 Å². The topological polar surface area (TPSA) is 54.2 Å². The summed E-state index contributed by atoms with van der Waals surface area (Å²) in [5.74, 6) is -0.450. The molecule has 0 aliphatic carbocycles. The fourth-order valence-corrected chi connectivity index (χ4v) is 4.00. The molecule has 0 saturated carbocycles. The lowest BCUT2D eigenvalue weighted by atomic mass is 10.00. The summed E-state index contributed by atoms with van der Waals surface area (Å²) in [4.78, 5) is 2.28. The number of aryl methyl sites for hydroxylation is 1. The average Bonchev–Trinajstić information content (AvgIpc) is 3.03. The van der Waals surface area contributed by atoms with Crippen molar-refractivity contribution in [2.24, 2.45) is 0 Å². The van der Waals surface area contributed by atoms with Gasteiger partial charge in [-0.2, -0.15) is 13.2 Å². The summed E-state index contributed by atoms with van der Waals surface area (Å²) >= 11 is 0. The third-order valence-electron chi connectivity index (χ3n) is 5.35. The van der Waals surface area contributed by atoms with Gasteiger partial charge in [-0.05, 0) is 63.2 Å². The molecule has 8 heteroatoms. The molecule has 0 amide bonds. The summed E-state index contributed by atoms with van der Waals surface area (Å²) in [5.41, 5.74) is 0.789. The number of likely N-dealkylation sites (tertiary alicyclic amines) is 1. The van der Waals surface area contributed by atoms with Crippen molar-refractivity contribution < 1.29 is 18.3 Å². The average molecular weight is 390 g/mol. The molecule has 0 radical (unpaired) electrons. The number of likely N-dealkylation sites (N-methyl/N-ethyl adjacent to an activating group) is 1. The second kappa shape index (κ2) is 6.77. The molecule has 3 aromatic rings. The standard InChI is InChI=1S/C20H21F3N4O/c1-12-8-14(20(21,22)23)10-17(28)18(12)16-9-13-5-7-27(19(13)25-24-16)15-4-3-6-26(2)11-15/h5,7-10,15,28H,3-4,6,11H2,1-2H3/t15-/m1/s1. The number of rotatable bonds is 2. The first-order valence-corrected chi connectivity index (χ1v) is 9.18. The Labute approximate surface area is 160 Å². The van der Waals surface area contributed by atoms with Crippen LogP contribution in [0.1, 0.15) is 30.0 Å². The van der Waals surface area contributed by atoms with Crippen LogP contribution in [0.4, 0.5) is 13.2 Å². The van der Waals surface area contributed by atoms with Crippen molar-refractivity contribution in [3.05, 3.63) is 41.6 Å². The molecule has 0 spiro atoms. The van der Waals surface area contributed by atoms with Crippen molar-refractivity contribution in [1.82, 2.24) is 19.7 Å². The quantitative estimate of drug-likeness (QED) is 0.705. The van der Waals surface area contributed by atoms with E-state index >= 15 is 0 Å². The molecule has 1 atom stereocenters. The number of fused-ring (bicyclic) bond motifs is 1. The molecule has 28 heavy (non-hydrogen) atoms. The van der Waals surface area contributed by atoms with Crippen molar-refractivity contribution in [2.45, 2.75) is 32.0 Å². The van der Waals surface area contributed by atoms with Gasteiger partial charge in [-0.25, -0.2) is 0 Å². The third-order valence-corrected chi connectivity index (χ3v) is 5.35. The molecule has 4 rings (SSSR count). The van der Waals surface area contributed by atoms with Gasteiger partial charge in [0.05, 0.1) is 11.3 Å². The fourth-order valence-electron chi connectivity index (χ4n) is 4.00. The van der Waals surface area contributed by atoms with Gasteiger partial charge in [0.2, 0.25) is 0 Å². The third kappa shape index (κ3) is 3.32. The Bertz CT molecular complexity index is 1000. The molecular formula is C20H21F3N4O. The number of phenolic OH excluding ortho intramolecular Hbond substituents is 1. The molecule has 148 valence electrons. The van der Waals surface area contributed by atoms with Crippen molar-refractivity contribution >= 4 is 11.0 Å².